The van der Waals surface area contributed by atoms with Gasteiger partial charge in [-0.25, -0.2) is 9.97 Å². The molecule has 3 rings (SSSR count). The Bertz CT molecular complexity index is 638. The minimum Gasteiger partial charge on any atom is -0.378 e. The van der Waals surface area contributed by atoms with Crippen LogP contribution in [0.15, 0.2) is 36.4 Å². The minimum absolute atomic E-state index is 0.194. The normalized spacial score (nSPS) is 21.4. The van der Waals surface area contributed by atoms with Gasteiger partial charge in [0.15, 0.2) is 5.82 Å². The van der Waals surface area contributed by atoms with E-state index in [-0.39, 0.29) is 12.2 Å². The highest BCUT2D eigenvalue weighted by Gasteiger charge is 2.24. The fraction of sp³-hybridized carbons (Fsp3) is 0.444. The van der Waals surface area contributed by atoms with Gasteiger partial charge in [-0.3, -0.25) is 0 Å². The minimum atomic E-state index is 0.194. The number of rotatable bonds is 4. The lowest BCUT2D eigenvalue weighted by Crippen LogP contribution is -2.46. The maximum absolute atomic E-state index is 5.82. The van der Waals surface area contributed by atoms with Gasteiger partial charge in [0.05, 0.1) is 24.5 Å². The molecular weight excluding hydrogens is 290 g/mol. The lowest BCUT2D eigenvalue weighted by atomic mass is 10.2. The predicted molar refractivity (Wildman–Crippen MR) is 90.4 cm³/mol. The van der Waals surface area contributed by atoms with Crippen LogP contribution in [0.2, 0.25) is 0 Å². The van der Waals surface area contributed by atoms with Gasteiger partial charge in [0.1, 0.15) is 5.82 Å². The van der Waals surface area contributed by atoms with E-state index in [4.69, 9.17) is 14.5 Å². The maximum Gasteiger partial charge on any atom is 0.161 e. The molecule has 5 heteroatoms. The molecule has 5 nitrogen and oxygen atoms in total. The van der Waals surface area contributed by atoms with Gasteiger partial charge < -0.3 is 14.4 Å². The predicted octanol–water partition coefficient (Wildman–Crippen LogP) is 2.90. The van der Waals surface area contributed by atoms with Crippen molar-refractivity contribution in [1.82, 2.24) is 9.97 Å². The van der Waals surface area contributed by atoms with Crippen LogP contribution in [-0.2, 0) is 16.1 Å². The van der Waals surface area contributed by atoms with Crippen molar-refractivity contribution in [1.29, 1.82) is 0 Å². The van der Waals surface area contributed by atoms with Gasteiger partial charge in [-0.15, -0.1) is 0 Å². The molecule has 1 saturated heterocycles. The molecule has 0 saturated carbocycles. The Labute approximate surface area is 137 Å². The fourth-order valence-electron chi connectivity index (χ4n) is 2.95. The Morgan fingerprint density at radius 2 is 1.83 bits per heavy atom. The van der Waals surface area contributed by atoms with Gasteiger partial charge >= 0.3 is 0 Å². The summed E-state index contributed by atoms with van der Waals surface area (Å²) in [5.74, 6) is 1.68. The van der Waals surface area contributed by atoms with Crippen molar-refractivity contribution in [2.75, 3.05) is 25.1 Å². The molecule has 0 spiro atoms. The van der Waals surface area contributed by atoms with Crippen molar-refractivity contribution < 1.29 is 9.47 Å². The van der Waals surface area contributed by atoms with Crippen LogP contribution < -0.4 is 4.90 Å². The molecule has 0 aliphatic carbocycles. The second-order valence-corrected chi connectivity index (χ2v) is 6.00. The van der Waals surface area contributed by atoms with E-state index in [1.165, 1.54) is 0 Å². The van der Waals surface area contributed by atoms with Gasteiger partial charge in [-0.2, -0.15) is 0 Å². The maximum atomic E-state index is 5.82. The molecule has 0 unspecified atom stereocenters. The molecule has 2 aromatic rings. The average molecular weight is 313 g/mol. The summed E-state index contributed by atoms with van der Waals surface area (Å²) in [5, 5.41) is 0. The molecule has 1 aromatic heterocycles. The summed E-state index contributed by atoms with van der Waals surface area (Å²) in [6.07, 6.45) is 0.388. The highest BCUT2D eigenvalue weighted by molar-refractivity contribution is 5.58. The Morgan fingerprint density at radius 3 is 2.48 bits per heavy atom. The third-order valence-corrected chi connectivity index (χ3v) is 3.83. The summed E-state index contributed by atoms with van der Waals surface area (Å²) in [6, 6.07) is 12.1. The summed E-state index contributed by atoms with van der Waals surface area (Å²) in [4.78, 5) is 11.7. The zero-order valence-electron chi connectivity index (χ0n) is 13.9. The van der Waals surface area contributed by atoms with E-state index < -0.39 is 0 Å². The van der Waals surface area contributed by atoms with E-state index in [2.05, 4.69) is 23.7 Å². The molecule has 2 heterocycles. The van der Waals surface area contributed by atoms with Gasteiger partial charge in [0.2, 0.25) is 0 Å². The molecule has 1 aromatic carbocycles. The summed E-state index contributed by atoms with van der Waals surface area (Å²) in [5.41, 5.74) is 1.91. The van der Waals surface area contributed by atoms with Gasteiger partial charge in [-0.05, 0) is 13.8 Å². The molecule has 1 fully saturated rings. The molecular formula is C18H23N3O2. The van der Waals surface area contributed by atoms with E-state index >= 15 is 0 Å². The number of hydrogen-bond donors (Lipinski definition) is 0. The molecule has 0 amide bonds. The van der Waals surface area contributed by atoms with Crippen LogP contribution in [0.25, 0.3) is 11.4 Å². The van der Waals surface area contributed by atoms with Gasteiger partial charge in [0.25, 0.3) is 0 Å². The Morgan fingerprint density at radius 1 is 1.13 bits per heavy atom. The summed E-state index contributed by atoms with van der Waals surface area (Å²) in [6.45, 7) is 6.34. The van der Waals surface area contributed by atoms with Crippen molar-refractivity contribution in [3.63, 3.8) is 0 Å². The number of nitrogens with zero attached hydrogens (tertiary/aromatic N) is 3. The second kappa shape index (κ2) is 7.06. The number of anilines is 1. The smallest absolute Gasteiger partial charge is 0.161 e. The SMILES string of the molecule is COCc1cc(N2C[C@H](C)O[C@@H](C)C2)nc(-c2ccccc2)n1. The van der Waals surface area contributed by atoms with Crippen LogP contribution in [0.1, 0.15) is 19.5 Å². The summed E-state index contributed by atoms with van der Waals surface area (Å²) < 4.78 is 11.1. The van der Waals surface area contributed by atoms with Crippen LogP contribution in [0.3, 0.4) is 0 Å². The molecule has 1 aliphatic rings. The highest BCUT2D eigenvalue weighted by Crippen LogP contribution is 2.23. The van der Waals surface area contributed by atoms with E-state index in [1.54, 1.807) is 7.11 Å². The quantitative estimate of drug-likeness (QED) is 0.868. The number of hydrogen-bond acceptors (Lipinski definition) is 5. The third kappa shape index (κ3) is 3.86. The van der Waals surface area contributed by atoms with Crippen LogP contribution >= 0.6 is 0 Å². The molecule has 2 atom stereocenters. The standard InChI is InChI=1S/C18H23N3O2/c1-13-10-21(11-14(2)23-13)17-9-16(12-22-3)19-18(20-17)15-7-5-4-6-8-15/h4-9,13-14H,10-12H2,1-3H3/t13-,14-/m0/s1. The van der Waals surface area contributed by atoms with E-state index in [0.717, 1.165) is 36.0 Å². The third-order valence-electron chi connectivity index (χ3n) is 3.83. The Hall–Kier alpha value is -1.98. The zero-order valence-corrected chi connectivity index (χ0v) is 13.9. The zero-order chi connectivity index (χ0) is 16.2. The Balaban J connectivity index is 1.97. The molecule has 0 bridgehead atoms. The van der Waals surface area contributed by atoms with Crippen LogP contribution in [0.5, 0.6) is 0 Å². The van der Waals surface area contributed by atoms with E-state index in [9.17, 15) is 0 Å². The van der Waals surface area contributed by atoms with Crippen molar-refractivity contribution in [2.45, 2.75) is 32.7 Å². The van der Waals surface area contributed by atoms with Crippen LogP contribution in [-0.4, -0.2) is 42.4 Å². The van der Waals surface area contributed by atoms with Gasteiger partial charge in [0, 0.05) is 31.8 Å². The van der Waals surface area contributed by atoms with Crippen molar-refractivity contribution in [2.24, 2.45) is 0 Å². The number of morpholine rings is 1. The van der Waals surface area contributed by atoms with Crippen molar-refractivity contribution in [3.05, 3.63) is 42.1 Å². The first-order chi connectivity index (χ1) is 11.2. The first kappa shape index (κ1) is 15.9. The van der Waals surface area contributed by atoms with Crippen LogP contribution in [0, 0.1) is 0 Å². The van der Waals surface area contributed by atoms with Crippen molar-refractivity contribution >= 4 is 5.82 Å². The number of aromatic nitrogens is 2. The molecule has 122 valence electrons. The fourth-order valence-corrected chi connectivity index (χ4v) is 2.95. The summed E-state index contributed by atoms with van der Waals surface area (Å²) in [7, 11) is 1.68. The lowest BCUT2D eigenvalue weighted by Gasteiger charge is -2.36. The first-order valence-corrected chi connectivity index (χ1v) is 7.98. The topological polar surface area (TPSA) is 47.5 Å². The average Bonchev–Trinajstić information content (AvgIpc) is 2.55. The van der Waals surface area contributed by atoms with Crippen LogP contribution in [0.4, 0.5) is 5.82 Å². The first-order valence-electron chi connectivity index (χ1n) is 7.98. The Kier molecular flexibility index (Phi) is 4.88. The molecule has 23 heavy (non-hydrogen) atoms. The monoisotopic (exact) mass is 313 g/mol. The number of ether oxygens (including phenoxy) is 2. The molecule has 0 N–H and O–H groups in total. The van der Waals surface area contributed by atoms with Gasteiger partial charge in [-0.1, -0.05) is 30.3 Å². The number of benzene rings is 1. The lowest BCUT2D eigenvalue weighted by molar-refractivity contribution is -0.00547. The second-order valence-electron chi connectivity index (χ2n) is 6.00. The molecule has 1 aliphatic heterocycles. The van der Waals surface area contributed by atoms with E-state index in [0.29, 0.717) is 6.61 Å². The van der Waals surface area contributed by atoms with E-state index in [1.807, 2.05) is 36.4 Å². The van der Waals surface area contributed by atoms with Crippen molar-refractivity contribution in [3.8, 4) is 11.4 Å². The number of methoxy groups -OCH3 is 1. The largest absolute Gasteiger partial charge is 0.378 e. The molecule has 0 radical (unpaired) electrons. The highest BCUT2D eigenvalue weighted by atomic mass is 16.5. The summed E-state index contributed by atoms with van der Waals surface area (Å²) >= 11 is 0.